The highest BCUT2D eigenvalue weighted by atomic mass is 79.9. The molecule has 0 aromatic heterocycles. The first-order valence-electron chi connectivity index (χ1n) is 7.14. The van der Waals surface area contributed by atoms with Crippen LogP contribution in [0.3, 0.4) is 0 Å². The van der Waals surface area contributed by atoms with Gasteiger partial charge in [-0.1, -0.05) is 28.1 Å². The zero-order valence-corrected chi connectivity index (χ0v) is 15.7. The van der Waals surface area contributed by atoms with Gasteiger partial charge in [0.2, 0.25) is 5.91 Å². The van der Waals surface area contributed by atoms with Crippen LogP contribution in [-0.2, 0) is 4.79 Å². The molecule has 2 rings (SSSR count). The molecule has 2 nitrogen and oxygen atoms in total. The summed E-state index contributed by atoms with van der Waals surface area (Å²) < 4.78 is 0.957. The first kappa shape index (κ1) is 17.1. The van der Waals surface area contributed by atoms with E-state index in [9.17, 15) is 4.79 Å². The van der Waals surface area contributed by atoms with Crippen molar-refractivity contribution < 1.29 is 4.79 Å². The van der Waals surface area contributed by atoms with Crippen LogP contribution < -0.4 is 5.32 Å². The van der Waals surface area contributed by atoms with Gasteiger partial charge in [-0.3, -0.25) is 4.79 Å². The molecule has 0 unspecified atom stereocenters. The zero-order chi connectivity index (χ0) is 16.3. The van der Waals surface area contributed by atoms with Crippen molar-refractivity contribution in [3.63, 3.8) is 0 Å². The Kier molecular flexibility index (Phi) is 5.70. The minimum absolute atomic E-state index is 0.0149. The number of hydrogen-bond donors (Lipinski definition) is 1. The zero-order valence-electron chi connectivity index (χ0n) is 13.3. The number of carbonyl (C=O) groups excluding carboxylic acids is 1. The predicted molar refractivity (Wildman–Crippen MR) is 98.9 cm³/mol. The second-order valence-electron chi connectivity index (χ2n) is 5.44. The number of hydrogen-bond acceptors (Lipinski definition) is 2. The molecule has 1 N–H and O–H groups in total. The van der Waals surface area contributed by atoms with Crippen molar-refractivity contribution in [1.82, 2.24) is 0 Å². The minimum Gasteiger partial charge on any atom is -0.325 e. The Morgan fingerprint density at radius 2 is 1.73 bits per heavy atom. The maximum atomic E-state index is 12.1. The number of aryl methyl sites for hydroxylation is 2. The van der Waals surface area contributed by atoms with E-state index < -0.39 is 0 Å². The summed E-state index contributed by atoms with van der Waals surface area (Å²) >= 11 is 5.02. The van der Waals surface area contributed by atoms with Crippen molar-refractivity contribution in [2.75, 3.05) is 11.1 Å². The highest BCUT2D eigenvalue weighted by molar-refractivity contribution is 9.10. The van der Waals surface area contributed by atoms with Gasteiger partial charge in [0.05, 0.1) is 5.75 Å². The van der Waals surface area contributed by atoms with Gasteiger partial charge in [-0.15, -0.1) is 11.8 Å². The van der Waals surface area contributed by atoms with Crippen LogP contribution >= 0.6 is 27.7 Å². The van der Waals surface area contributed by atoms with E-state index >= 15 is 0 Å². The van der Waals surface area contributed by atoms with E-state index in [4.69, 9.17) is 0 Å². The summed E-state index contributed by atoms with van der Waals surface area (Å²) in [5.74, 6) is 0.429. The Morgan fingerprint density at radius 3 is 2.32 bits per heavy atom. The molecule has 0 fully saturated rings. The van der Waals surface area contributed by atoms with Crippen LogP contribution in [-0.4, -0.2) is 11.7 Å². The fourth-order valence-corrected chi connectivity index (χ4v) is 3.80. The number of anilines is 1. The predicted octanol–water partition coefficient (Wildman–Crippen LogP) is 5.41. The number of rotatable bonds is 4. The quantitative estimate of drug-likeness (QED) is 0.721. The van der Waals surface area contributed by atoms with Crippen molar-refractivity contribution in [2.45, 2.75) is 32.6 Å². The molecule has 2 aromatic rings. The summed E-state index contributed by atoms with van der Waals surface area (Å²) in [7, 11) is 0. The van der Waals surface area contributed by atoms with Crippen molar-refractivity contribution in [1.29, 1.82) is 0 Å². The molecule has 0 radical (unpaired) electrons. The molecule has 116 valence electrons. The maximum Gasteiger partial charge on any atom is 0.234 e. The smallest absolute Gasteiger partial charge is 0.234 e. The molecule has 0 saturated carbocycles. The molecule has 0 saturated heterocycles. The summed E-state index contributed by atoms with van der Waals surface area (Å²) in [5, 5.41) is 2.93. The molecular weight excluding hydrogens is 358 g/mol. The Morgan fingerprint density at radius 1 is 1.09 bits per heavy atom. The number of halogens is 1. The van der Waals surface area contributed by atoms with Crippen LogP contribution in [0.1, 0.15) is 22.3 Å². The molecule has 4 heteroatoms. The van der Waals surface area contributed by atoms with E-state index in [0.717, 1.165) is 10.2 Å². The standard InChI is InChI=1S/C18H20BrNOS/c1-11-8-12(2)14(4)18(13(11)3)22-10-17(21)20-16-7-5-6-15(19)9-16/h5-9H,10H2,1-4H3,(H,20,21). The largest absolute Gasteiger partial charge is 0.325 e. The van der Waals surface area contributed by atoms with Gasteiger partial charge in [-0.25, -0.2) is 0 Å². The van der Waals surface area contributed by atoms with E-state index in [-0.39, 0.29) is 5.91 Å². The number of thioether (sulfide) groups is 1. The lowest BCUT2D eigenvalue weighted by atomic mass is 10.0. The average molecular weight is 378 g/mol. The third-order valence-electron chi connectivity index (χ3n) is 3.75. The van der Waals surface area contributed by atoms with Crippen molar-refractivity contribution in [3.8, 4) is 0 Å². The van der Waals surface area contributed by atoms with E-state index in [1.165, 1.54) is 27.1 Å². The minimum atomic E-state index is 0.0149. The molecule has 0 aliphatic carbocycles. The van der Waals surface area contributed by atoms with Gasteiger partial charge in [0.15, 0.2) is 0 Å². The molecule has 0 aliphatic heterocycles. The SMILES string of the molecule is Cc1cc(C)c(C)c(SCC(=O)Nc2cccc(Br)c2)c1C. The van der Waals surface area contributed by atoms with Gasteiger partial charge < -0.3 is 5.32 Å². The summed E-state index contributed by atoms with van der Waals surface area (Å²) in [6.45, 7) is 8.48. The van der Waals surface area contributed by atoms with Crippen LogP contribution in [0, 0.1) is 27.7 Å². The number of amides is 1. The second-order valence-corrected chi connectivity index (χ2v) is 7.34. The Hall–Kier alpha value is -1.26. The normalized spacial score (nSPS) is 10.6. The molecule has 0 spiro atoms. The third kappa shape index (κ3) is 4.14. The summed E-state index contributed by atoms with van der Waals surface area (Å²) in [6, 6.07) is 9.84. The fourth-order valence-electron chi connectivity index (χ4n) is 2.30. The Labute approximate surface area is 144 Å². The van der Waals surface area contributed by atoms with E-state index in [1.54, 1.807) is 11.8 Å². The Bertz CT molecular complexity index is 686. The van der Waals surface area contributed by atoms with Gasteiger partial charge in [0, 0.05) is 15.1 Å². The molecule has 2 aromatic carbocycles. The van der Waals surface area contributed by atoms with Gasteiger partial charge in [0.1, 0.15) is 0 Å². The highest BCUT2D eigenvalue weighted by Gasteiger charge is 2.11. The number of benzene rings is 2. The van der Waals surface area contributed by atoms with E-state index in [1.807, 2.05) is 24.3 Å². The van der Waals surface area contributed by atoms with Crippen LogP contribution in [0.2, 0.25) is 0 Å². The topological polar surface area (TPSA) is 29.1 Å². The van der Waals surface area contributed by atoms with Gasteiger partial charge in [-0.05, 0) is 68.1 Å². The number of carbonyl (C=O) groups is 1. The molecule has 0 heterocycles. The highest BCUT2D eigenvalue weighted by Crippen LogP contribution is 2.31. The van der Waals surface area contributed by atoms with Crippen LogP contribution in [0.4, 0.5) is 5.69 Å². The molecule has 0 bridgehead atoms. The first-order chi connectivity index (χ1) is 10.4. The third-order valence-corrected chi connectivity index (χ3v) is 5.55. The lowest BCUT2D eigenvalue weighted by Crippen LogP contribution is -2.14. The van der Waals surface area contributed by atoms with Crippen LogP contribution in [0.5, 0.6) is 0 Å². The molecule has 0 atom stereocenters. The maximum absolute atomic E-state index is 12.1. The van der Waals surface area contributed by atoms with E-state index in [0.29, 0.717) is 5.75 Å². The summed E-state index contributed by atoms with van der Waals surface area (Å²) in [4.78, 5) is 13.4. The molecular formula is C18H20BrNOS. The van der Waals surface area contributed by atoms with Crippen LogP contribution in [0.15, 0.2) is 39.7 Å². The summed E-state index contributed by atoms with van der Waals surface area (Å²) in [6.07, 6.45) is 0. The van der Waals surface area contributed by atoms with Crippen molar-refractivity contribution in [2.24, 2.45) is 0 Å². The number of nitrogens with one attached hydrogen (secondary N) is 1. The lowest BCUT2D eigenvalue weighted by molar-refractivity contribution is -0.113. The first-order valence-corrected chi connectivity index (χ1v) is 8.92. The molecule has 1 amide bonds. The fraction of sp³-hybridized carbons (Fsp3) is 0.278. The van der Waals surface area contributed by atoms with Crippen molar-refractivity contribution >= 4 is 39.3 Å². The Balaban J connectivity index is 2.06. The van der Waals surface area contributed by atoms with Crippen LogP contribution in [0.25, 0.3) is 0 Å². The van der Waals surface area contributed by atoms with Gasteiger partial charge in [0.25, 0.3) is 0 Å². The summed E-state index contributed by atoms with van der Waals surface area (Å²) in [5.41, 5.74) is 5.90. The monoisotopic (exact) mass is 377 g/mol. The lowest BCUT2D eigenvalue weighted by Gasteiger charge is -2.14. The van der Waals surface area contributed by atoms with E-state index in [2.05, 4.69) is 55.0 Å². The van der Waals surface area contributed by atoms with Gasteiger partial charge >= 0.3 is 0 Å². The molecule has 0 aliphatic rings. The second kappa shape index (κ2) is 7.34. The van der Waals surface area contributed by atoms with Gasteiger partial charge in [-0.2, -0.15) is 0 Å². The average Bonchev–Trinajstić information content (AvgIpc) is 2.45. The van der Waals surface area contributed by atoms with Crippen molar-refractivity contribution in [3.05, 3.63) is 57.1 Å². The molecule has 22 heavy (non-hydrogen) atoms.